The molecule has 18 nitrogen and oxygen atoms in total. The third kappa shape index (κ3) is 6.25. The van der Waals surface area contributed by atoms with E-state index in [0.29, 0.717) is 95.2 Å². The lowest BCUT2D eigenvalue weighted by Crippen LogP contribution is -2.31. The highest BCUT2D eigenvalue weighted by molar-refractivity contribution is 7.30. The number of carbonyl (C=O) groups excluding carboxylic acids is 4. The predicted molar refractivity (Wildman–Crippen MR) is 301 cm³/mol. The molecule has 0 aliphatic heterocycles. The third-order valence-corrected chi connectivity index (χ3v) is 19.1. The number of rotatable bonds is 5. The third-order valence-electron chi connectivity index (χ3n) is 13.8. The van der Waals surface area contributed by atoms with Gasteiger partial charge in [-0.2, -0.15) is 17.5 Å². The lowest BCUT2D eigenvalue weighted by molar-refractivity contribution is 0.0975. The van der Waals surface area contributed by atoms with Crippen LogP contribution in [0.25, 0.3) is 108 Å². The van der Waals surface area contributed by atoms with Crippen molar-refractivity contribution in [3.63, 3.8) is 0 Å². The first-order chi connectivity index (χ1) is 37.9. The van der Waals surface area contributed by atoms with Gasteiger partial charge in [-0.05, 0) is 47.5 Å². The van der Waals surface area contributed by atoms with Crippen molar-refractivity contribution >= 4 is 199 Å². The summed E-state index contributed by atoms with van der Waals surface area (Å²) in [5, 5.41) is 1.22. The molecule has 6 aromatic heterocycles. The molecule has 24 heteroatoms. The lowest BCUT2D eigenvalue weighted by atomic mass is 9.99. The Kier molecular flexibility index (Phi) is 9.29. The van der Waals surface area contributed by atoms with Crippen LogP contribution in [0, 0.1) is 0 Å². The normalized spacial score (nSPS) is 14.5. The first kappa shape index (κ1) is 44.9. The summed E-state index contributed by atoms with van der Waals surface area (Å²) in [6, 6.07) is 22.7. The highest BCUT2D eigenvalue weighted by atomic mass is 32.1. The van der Waals surface area contributed by atoms with Crippen LogP contribution in [0.5, 0.6) is 0 Å². The Balaban J connectivity index is 0.730. The molecule has 0 spiro atoms. The van der Waals surface area contributed by atoms with E-state index in [1.807, 2.05) is 0 Å². The number of hydrogen-bond donors (Lipinski definition) is 0. The fourth-order valence-corrected chi connectivity index (χ4v) is 15.4. The van der Waals surface area contributed by atoms with Gasteiger partial charge in [-0.1, -0.05) is 83.3 Å². The van der Waals surface area contributed by atoms with Crippen LogP contribution in [0.3, 0.4) is 0 Å². The molecule has 0 fully saturated rings. The van der Waals surface area contributed by atoms with Crippen molar-refractivity contribution in [1.29, 1.82) is 0 Å². The number of allylic oxidation sites excluding steroid dienone is 2. The van der Waals surface area contributed by atoms with Gasteiger partial charge in [0.15, 0.2) is 33.8 Å². The maximum atomic E-state index is 14.2. The van der Waals surface area contributed by atoms with Gasteiger partial charge in [0, 0.05) is 43.8 Å². The van der Waals surface area contributed by atoms with Crippen LogP contribution < -0.4 is 32.4 Å². The van der Waals surface area contributed by atoms with Gasteiger partial charge in [-0.15, -0.1) is 22.7 Å². The average Bonchev–Trinajstić information content (AvgIpc) is 4.49. The van der Waals surface area contributed by atoms with Crippen molar-refractivity contribution in [2.75, 3.05) is 0 Å². The maximum absolute atomic E-state index is 14.2. The Morgan fingerprint density at radius 3 is 1.24 bits per heavy atom. The standard InChI is InChI=1S/C54H16N10O8S6/c65-41-19-5-1-2-6-20(19)42(66)27(41)15-29-55-35-31-32(62-77-61-31)36-50(49(35)73-29)74-30(56-36)16-28-43(67)23-11-9-17(13-25(23)44(28)68)18-10-12-24-26(14-18)48(72)40(47(24)71)60-54-58-38-34-33(63-78-64-34)37-51(52(38)76-54)75-53(57-37)59-39-45(69)21-7-3-4-8-22(21)46(39)70/h1-16H/b28-16+,60-40+. The van der Waals surface area contributed by atoms with Gasteiger partial charge in [0.1, 0.15) is 54.1 Å². The zero-order chi connectivity index (χ0) is 52.6. The Bertz CT molecular complexity index is 5590. The molecule has 0 amide bonds. The topological polar surface area (TPSA) is 264 Å². The second-order valence-electron chi connectivity index (χ2n) is 18.0. The number of carbonyl (C=O) groups is 4. The van der Waals surface area contributed by atoms with Crippen LogP contribution in [0.4, 0.5) is 10.3 Å². The van der Waals surface area contributed by atoms with Crippen LogP contribution >= 0.6 is 68.8 Å². The predicted octanol–water partition coefficient (Wildman–Crippen LogP) is 8.69. The van der Waals surface area contributed by atoms with E-state index >= 15 is 0 Å². The molecular weight excluding hydrogens is 1110 g/mol. The summed E-state index contributed by atoms with van der Waals surface area (Å²) in [5.41, 5.74) is 3.47. The largest absolute Gasteiger partial charge is 0.288 e. The molecule has 14 aromatic rings. The SMILES string of the molecule is O=C1C(=Cc2nc3c4nsnc4c4nc(/C=C5\C(=O)c6ccc(-c7ccc8c(=O)/c(=N\c9nc%10c%11nsnc%11c%11nc(N=c%12c(=O)c%13ccccc%13c%12=O)sc%11c%10s9)c(=O)c8c7)cc6C5=O)sc4c3s2)C(=O)c2ccccc21. The molecule has 0 bridgehead atoms. The summed E-state index contributed by atoms with van der Waals surface area (Å²) in [6.07, 6.45) is 2.96. The zero-order valence-corrected chi connectivity index (χ0v) is 43.3. The van der Waals surface area contributed by atoms with E-state index in [4.69, 9.17) is 15.0 Å². The second-order valence-corrected chi connectivity index (χ2v) is 23.1. The molecule has 2 aliphatic rings. The molecule has 0 N–H and O–H groups in total. The van der Waals surface area contributed by atoms with E-state index in [2.05, 4.69) is 32.5 Å². The van der Waals surface area contributed by atoms with Gasteiger partial charge in [0.2, 0.25) is 32.0 Å². The summed E-state index contributed by atoms with van der Waals surface area (Å²) >= 11 is 6.66. The summed E-state index contributed by atoms with van der Waals surface area (Å²) in [5.74, 6) is -1.76. The summed E-state index contributed by atoms with van der Waals surface area (Å²) in [4.78, 5) is 137. The molecule has 0 atom stereocenters. The molecule has 0 saturated carbocycles. The monoisotopic (exact) mass is 1120 g/mol. The minimum atomic E-state index is -0.627. The summed E-state index contributed by atoms with van der Waals surface area (Å²) in [6.45, 7) is 0. The Hall–Kier alpha value is -9.30. The van der Waals surface area contributed by atoms with Crippen LogP contribution in [0.15, 0.2) is 125 Å². The number of ketones is 4. The molecule has 16 rings (SSSR count). The molecule has 2 aliphatic carbocycles. The molecule has 0 saturated heterocycles. The van der Waals surface area contributed by atoms with Crippen LogP contribution in [-0.2, 0) is 0 Å². The highest BCUT2D eigenvalue weighted by Gasteiger charge is 2.35. The number of Topliss-reactive ketones (excluding diaryl/α,β-unsaturated/α-hetero) is 4. The molecule has 0 radical (unpaired) electrons. The van der Waals surface area contributed by atoms with Crippen molar-refractivity contribution in [1.82, 2.24) is 37.4 Å². The average molecular weight is 1130 g/mol. The quantitative estimate of drug-likeness (QED) is 0.115. The van der Waals surface area contributed by atoms with E-state index in [1.54, 1.807) is 78.9 Å². The Labute approximate surface area is 453 Å². The maximum Gasteiger partial charge on any atom is 0.216 e. The molecular formula is C54H16N10O8S6. The molecule has 0 unspecified atom stereocenters. The van der Waals surface area contributed by atoms with Gasteiger partial charge in [-0.3, -0.25) is 38.4 Å². The number of nitrogens with zero attached hydrogens (tertiary/aromatic N) is 10. The number of benzene rings is 6. The van der Waals surface area contributed by atoms with Gasteiger partial charge in [0.25, 0.3) is 0 Å². The van der Waals surface area contributed by atoms with Crippen molar-refractivity contribution in [2.45, 2.75) is 0 Å². The van der Waals surface area contributed by atoms with E-state index in [-0.39, 0.29) is 76.4 Å². The van der Waals surface area contributed by atoms with Gasteiger partial charge < -0.3 is 0 Å². The molecule has 78 heavy (non-hydrogen) atoms. The highest BCUT2D eigenvalue weighted by Crippen LogP contribution is 2.45. The van der Waals surface area contributed by atoms with E-state index in [0.717, 1.165) is 46.1 Å². The molecule has 8 aromatic carbocycles. The minimum absolute atomic E-state index is 0.0174. The zero-order valence-electron chi connectivity index (χ0n) is 38.4. The summed E-state index contributed by atoms with van der Waals surface area (Å²) in [7, 11) is 0. The number of fused-ring (bicyclic) bond motifs is 16. The first-order valence-electron chi connectivity index (χ1n) is 23.1. The van der Waals surface area contributed by atoms with Gasteiger partial charge in [0.05, 0.1) is 53.4 Å². The number of thiazole rings is 4. The van der Waals surface area contributed by atoms with Crippen molar-refractivity contribution in [3.8, 4) is 11.1 Å². The first-order valence-corrected chi connectivity index (χ1v) is 27.8. The smallest absolute Gasteiger partial charge is 0.216 e. The van der Waals surface area contributed by atoms with E-state index < -0.39 is 33.3 Å². The lowest BCUT2D eigenvalue weighted by Gasteiger charge is -2.04. The van der Waals surface area contributed by atoms with Crippen LogP contribution in [-0.4, -0.2) is 60.6 Å². The van der Waals surface area contributed by atoms with Gasteiger partial charge >= 0.3 is 0 Å². The minimum Gasteiger partial charge on any atom is -0.288 e. The van der Waals surface area contributed by atoms with Crippen LogP contribution in [0.2, 0.25) is 0 Å². The second kappa shape index (κ2) is 16.1. The molecule has 366 valence electrons. The van der Waals surface area contributed by atoms with Crippen molar-refractivity contribution in [2.24, 2.45) is 9.98 Å². The molecule has 6 heterocycles. The van der Waals surface area contributed by atoms with Crippen molar-refractivity contribution < 1.29 is 19.2 Å². The van der Waals surface area contributed by atoms with Crippen LogP contribution in [0.1, 0.15) is 51.4 Å². The van der Waals surface area contributed by atoms with E-state index in [1.165, 1.54) is 40.9 Å². The van der Waals surface area contributed by atoms with Crippen molar-refractivity contribution in [3.05, 3.63) is 180 Å². The Morgan fingerprint density at radius 2 is 0.744 bits per heavy atom. The summed E-state index contributed by atoms with van der Waals surface area (Å²) < 4.78 is 20.4. The van der Waals surface area contributed by atoms with E-state index in [9.17, 15) is 38.4 Å². The Morgan fingerprint density at radius 1 is 0.359 bits per heavy atom. The fraction of sp³-hybridized carbons (Fsp3) is 0. The fourth-order valence-electron chi connectivity index (χ4n) is 10.2. The number of aromatic nitrogens is 8. The number of hydrogen-bond acceptors (Lipinski definition) is 24. The van der Waals surface area contributed by atoms with Gasteiger partial charge in [-0.25, -0.2) is 29.9 Å².